The van der Waals surface area contributed by atoms with Crippen LogP contribution in [0.15, 0.2) is 34.5 Å². The van der Waals surface area contributed by atoms with Gasteiger partial charge in [-0.05, 0) is 44.2 Å². The molecule has 2 fully saturated rings. The van der Waals surface area contributed by atoms with Crippen LogP contribution in [0.4, 0.5) is 5.69 Å². The fraction of sp³-hybridized carbons (Fsp3) is 0.500. The molecule has 1 atom stereocenters. The summed E-state index contributed by atoms with van der Waals surface area (Å²) in [4.78, 5) is 24.4. The van der Waals surface area contributed by atoms with Crippen LogP contribution in [0.5, 0.6) is 0 Å². The highest BCUT2D eigenvalue weighted by Gasteiger charge is 2.32. The summed E-state index contributed by atoms with van der Waals surface area (Å²) in [5.74, 6) is 0.130. The van der Waals surface area contributed by atoms with Crippen LogP contribution in [-0.2, 0) is 9.59 Å². The number of thioether (sulfide) groups is 1. The SMILES string of the molecule is C/C(=N/N=C1\NC(=O)[C@@H](CC(=O)Nc2ccccc2C)S1)C1CCCCC1. The van der Waals surface area contributed by atoms with Crippen molar-refractivity contribution >= 4 is 40.1 Å². The Bertz CT molecular complexity index is 769. The summed E-state index contributed by atoms with van der Waals surface area (Å²) in [6.07, 6.45) is 6.24. The molecule has 2 N–H and O–H groups in total. The first-order chi connectivity index (χ1) is 13.0. The molecule has 144 valence electrons. The molecule has 1 saturated heterocycles. The lowest BCUT2D eigenvalue weighted by Gasteiger charge is -2.20. The predicted molar refractivity (Wildman–Crippen MR) is 111 cm³/mol. The lowest BCUT2D eigenvalue weighted by molar-refractivity contribution is -0.122. The molecule has 1 heterocycles. The minimum absolute atomic E-state index is 0.106. The van der Waals surface area contributed by atoms with E-state index >= 15 is 0 Å². The van der Waals surface area contributed by atoms with Crippen molar-refractivity contribution in [1.29, 1.82) is 0 Å². The van der Waals surface area contributed by atoms with Crippen molar-refractivity contribution in [3.63, 3.8) is 0 Å². The maximum atomic E-state index is 12.3. The van der Waals surface area contributed by atoms with E-state index in [4.69, 9.17) is 0 Å². The van der Waals surface area contributed by atoms with Crippen molar-refractivity contribution in [3.05, 3.63) is 29.8 Å². The zero-order valence-corrected chi connectivity index (χ0v) is 16.6. The molecule has 1 aliphatic carbocycles. The third kappa shape index (κ3) is 5.42. The number of aryl methyl sites for hydroxylation is 1. The number of rotatable bonds is 5. The highest BCUT2D eigenvalue weighted by Crippen LogP contribution is 2.26. The fourth-order valence-corrected chi connectivity index (χ4v) is 4.31. The second-order valence-corrected chi connectivity index (χ2v) is 8.34. The van der Waals surface area contributed by atoms with Crippen LogP contribution in [0.2, 0.25) is 0 Å². The van der Waals surface area contributed by atoms with E-state index < -0.39 is 5.25 Å². The molecule has 0 radical (unpaired) electrons. The molecule has 0 spiro atoms. The zero-order chi connectivity index (χ0) is 19.2. The number of anilines is 1. The van der Waals surface area contributed by atoms with Gasteiger partial charge in [-0.25, -0.2) is 0 Å². The molecule has 0 bridgehead atoms. The number of amides is 2. The number of hydrogen-bond donors (Lipinski definition) is 2. The quantitative estimate of drug-likeness (QED) is 0.595. The second-order valence-electron chi connectivity index (χ2n) is 7.14. The Kier molecular flexibility index (Phi) is 6.66. The van der Waals surface area contributed by atoms with E-state index in [1.165, 1.54) is 43.9 Å². The molecule has 0 aromatic heterocycles. The van der Waals surface area contributed by atoms with Crippen molar-refractivity contribution in [1.82, 2.24) is 5.32 Å². The highest BCUT2D eigenvalue weighted by molar-refractivity contribution is 8.15. The molecule has 27 heavy (non-hydrogen) atoms. The number of nitrogens with one attached hydrogen (secondary N) is 2. The highest BCUT2D eigenvalue weighted by atomic mass is 32.2. The number of benzene rings is 1. The van der Waals surface area contributed by atoms with Crippen LogP contribution in [0.25, 0.3) is 0 Å². The van der Waals surface area contributed by atoms with Gasteiger partial charge in [0.25, 0.3) is 0 Å². The molecule has 2 aliphatic rings. The predicted octanol–water partition coefficient (Wildman–Crippen LogP) is 3.87. The summed E-state index contributed by atoms with van der Waals surface area (Å²) < 4.78 is 0. The van der Waals surface area contributed by atoms with Gasteiger partial charge in [0.1, 0.15) is 5.25 Å². The van der Waals surface area contributed by atoms with Crippen molar-refractivity contribution in [2.24, 2.45) is 16.1 Å². The lowest BCUT2D eigenvalue weighted by atomic mass is 9.86. The Morgan fingerprint density at radius 3 is 2.74 bits per heavy atom. The standard InChI is InChI=1S/C20H26N4O2S/c1-13-8-6-7-11-16(13)21-18(25)12-17-19(26)22-20(27-17)24-23-14(2)15-9-4-3-5-10-15/h6-8,11,15,17H,3-5,9-10,12H2,1-2H3,(H,21,25)(H,22,24,26)/b23-14-/t17-/m1/s1. The topological polar surface area (TPSA) is 82.9 Å². The van der Waals surface area contributed by atoms with Gasteiger partial charge in [-0.2, -0.15) is 5.10 Å². The van der Waals surface area contributed by atoms with Crippen LogP contribution in [0.1, 0.15) is 51.0 Å². The molecular formula is C20H26N4O2S. The number of hydrogen-bond acceptors (Lipinski definition) is 5. The smallest absolute Gasteiger partial charge is 0.240 e. The largest absolute Gasteiger partial charge is 0.326 e. The summed E-state index contributed by atoms with van der Waals surface area (Å²) in [7, 11) is 0. The van der Waals surface area contributed by atoms with Gasteiger partial charge in [0.05, 0.1) is 0 Å². The van der Waals surface area contributed by atoms with E-state index in [0.717, 1.165) is 17.0 Å². The van der Waals surface area contributed by atoms with E-state index in [9.17, 15) is 9.59 Å². The van der Waals surface area contributed by atoms with Crippen molar-refractivity contribution in [3.8, 4) is 0 Å². The first kappa shape index (κ1) is 19.6. The number of carbonyl (C=O) groups is 2. The summed E-state index contributed by atoms with van der Waals surface area (Å²) >= 11 is 1.27. The summed E-state index contributed by atoms with van der Waals surface area (Å²) in [6, 6.07) is 7.58. The number of nitrogens with zero attached hydrogens (tertiary/aromatic N) is 2. The Morgan fingerprint density at radius 2 is 2.00 bits per heavy atom. The van der Waals surface area contributed by atoms with E-state index in [0.29, 0.717) is 11.1 Å². The molecule has 3 rings (SSSR count). The van der Waals surface area contributed by atoms with Gasteiger partial charge in [0, 0.05) is 17.8 Å². The zero-order valence-electron chi connectivity index (χ0n) is 15.8. The minimum atomic E-state index is -0.474. The van der Waals surface area contributed by atoms with Crippen LogP contribution in [0.3, 0.4) is 0 Å². The van der Waals surface area contributed by atoms with Crippen LogP contribution >= 0.6 is 11.8 Å². The Labute approximate surface area is 164 Å². The van der Waals surface area contributed by atoms with Gasteiger partial charge in [-0.3, -0.25) is 9.59 Å². The molecule has 2 amide bonds. The molecular weight excluding hydrogens is 360 g/mol. The summed E-state index contributed by atoms with van der Waals surface area (Å²) in [5.41, 5.74) is 2.79. The summed E-state index contributed by atoms with van der Waals surface area (Å²) in [5, 5.41) is 14.1. The Balaban J connectivity index is 1.55. The maximum Gasteiger partial charge on any atom is 0.240 e. The Hall–Kier alpha value is -2.15. The first-order valence-corrected chi connectivity index (χ1v) is 10.4. The maximum absolute atomic E-state index is 12.3. The third-order valence-electron chi connectivity index (χ3n) is 5.06. The van der Waals surface area contributed by atoms with Crippen LogP contribution in [-0.4, -0.2) is 27.9 Å². The molecule has 1 aliphatic heterocycles. The fourth-order valence-electron chi connectivity index (χ4n) is 3.40. The van der Waals surface area contributed by atoms with Gasteiger partial charge >= 0.3 is 0 Å². The molecule has 1 aromatic carbocycles. The first-order valence-electron chi connectivity index (χ1n) is 9.48. The molecule has 7 heteroatoms. The van der Waals surface area contributed by atoms with E-state index in [1.54, 1.807) is 0 Å². The van der Waals surface area contributed by atoms with Gasteiger partial charge in [0.2, 0.25) is 11.8 Å². The van der Waals surface area contributed by atoms with Crippen LogP contribution < -0.4 is 10.6 Å². The van der Waals surface area contributed by atoms with E-state index in [1.807, 2.05) is 38.1 Å². The van der Waals surface area contributed by atoms with Gasteiger partial charge in [-0.15, -0.1) is 5.10 Å². The third-order valence-corrected chi connectivity index (χ3v) is 6.13. The number of para-hydroxylation sites is 1. The molecule has 0 unspecified atom stereocenters. The summed E-state index contributed by atoms with van der Waals surface area (Å²) in [6.45, 7) is 3.94. The Morgan fingerprint density at radius 1 is 1.26 bits per heavy atom. The average Bonchev–Trinajstić information content (AvgIpc) is 3.01. The van der Waals surface area contributed by atoms with Crippen molar-refractivity contribution < 1.29 is 9.59 Å². The van der Waals surface area contributed by atoms with Crippen molar-refractivity contribution in [2.75, 3.05) is 5.32 Å². The van der Waals surface area contributed by atoms with Crippen LogP contribution in [0, 0.1) is 12.8 Å². The van der Waals surface area contributed by atoms with E-state index in [2.05, 4.69) is 20.8 Å². The monoisotopic (exact) mass is 386 g/mol. The van der Waals surface area contributed by atoms with Gasteiger partial charge in [-0.1, -0.05) is 49.2 Å². The van der Waals surface area contributed by atoms with Gasteiger partial charge < -0.3 is 10.6 Å². The van der Waals surface area contributed by atoms with Gasteiger partial charge in [0.15, 0.2) is 5.17 Å². The lowest BCUT2D eigenvalue weighted by Crippen LogP contribution is -2.28. The normalized spacial score (nSPS) is 22.7. The number of amidine groups is 1. The minimum Gasteiger partial charge on any atom is -0.326 e. The molecule has 1 saturated carbocycles. The van der Waals surface area contributed by atoms with E-state index in [-0.39, 0.29) is 18.2 Å². The number of carbonyl (C=O) groups excluding carboxylic acids is 2. The second kappa shape index (κ2) is 9.17. The molecule has 6 nitrogen and oxygen atoms in total. The van der Waals surface area contributed by atoms with Crippen molar-refractivity contribution in [2.45, 2.75) is 57.6 Å². The molecule has 1 aromatic rings. The average molecular weight is 387 g/mol.